The maximum Gasteiger partial charge on any atom is 0.150 e. The van der Waals surface area contributed by atoms with Gasteiger partial charge in [0.15, 0.2) is 11.6 Å². The third-order valence-electron chi connectivity index (χ3n) is 4.37. The van der Waals surface area contributed by atoms with E-state index < -0.39 is 11.6 Å². The van der Waals surface area contributed by atoms with E-state index in [2.05, 4.69) is 5.32 Å². The van der Waals surface area contributed by atoms with Crippen LogP contribution in [0.25, 0.3) is 0 Å². The van der Waals surface area contributed by atoms with Crippen molar-refractivity contribution < 1.29 is 13.9 Å². The number of nitrogens with one attached hydrogen (secondary N) is 1. The van der Waals surface area contributed by atoms with Gasteiger partial charge in [-0.1, -0.05) is 19.3 Å². The van der Waals surface area contributed by atoms with E-state index in [1.807, 2.05) is 0 Å². The zero-order chi connectivity index (χ0) is 15.3. The fourth-order valence-electron chi connectivity index (χ4n) is 3.14. The summed E-state index contributed by atoms with van der Waals surface area (Å²) in [5.74, 6) is -1.50. The van der Waals surface area contributed by atoms with E-state index in [-0.39, 0.29) is 23.3 Å². The fourth-order valence-corrected chi connectivity index (χ4v) is 3.14. The number of nitrogens with zero attached hydrogens (tertiary/aromatic N) is 1. The summed E-state index contributed by atoms with van der Waals surface area (Å²) in [7, 11) is 0. The van der Waals surface area contributed by atoms with Gasteiger partial charge in [0.25, 0.3) is 0 Å². The minimum Gasteiger partial charge on any atom is -0.396 e. The molecular formula is C16H20F2N2O. The Morgan fingerprint density at radius 3 is 2.33 bits per heavy atom. The van der Waals surface area contributed by atoms with Gasteiger partial charge in [0.05, 0.1) is 11.6 Å². The van der Waals surface area contributed by atoms with Crippen molar-refractivity contribution in [2.45, 2.75) is 38.5 Å². The molecule has 5 heteroatoms. The summed E-state index contributed by atoms with van der Waals surface area (Å²) in [5, 5.41) is 20.8. The molecule has 1 aliphatic rings. The number of anilines is 1. The van der Waals surface area contributed by atoms with Gasteiger partial charge < -0.3 is 10.4 Å². The van der Waals surface area contributed by atoms with E-state index >= 15 is 0 Å². The van der Waals surface area contributed by atoms with Crippen molar-refractivity contribution in [3.05, 3.63) is 29.3 Å². The van der Waals surface area contributed by atoms with Crippen LogP contribution in [-0.2, 0) is 0 Å². The van der Waals surface area contributed by atoms with E-state index in [4.69, 9.17) is 5.26 Å². The molecule has 0 aromatic heterocycles. The highest BCUT2D eigenvalue weighted by atomic mass is 19.1. The van der Waals surface area contributed by atoms with E-state index in [1.165, 1.54) is 6.42 Å². The predicted molar refractivity (Wildman–Crippen MR) is 76.8 cm³/mol. The van der Waals surface area contributed by atoms with Crippen LogP contribution in [0.2, 0.25) is 0 Å². The van der Waals surface area contributed by atoms with Crippen molar-refractivity contribution in [2.24, 2.45) is 5.41 Å². The SMILES string of the molecule is N#Cc1cc(F)c(NCC2(CCO)CCCCC2)c(F)c1. The number of rotatable bonds is 5. The van der Waals surface area contributed by atoms with E-state index in [0.717, 1.165) is 37.8 Å². The summed E-state index contributed by atoms with van der Waals surface area (Å²) in [5.41, 5.74) is -0.310. The van der Waals surface area contributed by atoms with Crippen molar-refractivity contribution >= 4 is 5.69 Å². The Hall–Kier alpha value is -1.67. The first-order chi connectivity index (χ1) is 10.1. The number of aliphatic hydroxyl groups excluding tert-OH is 1. The molecule has 0 atom stereocenters. The lowest BCUT2D eigenvalue weighted by Crippen LogP contribution is -2.33. The summed E-state index contributed by atoms with van der Waals surface area (Å²) < 4.78 is 27.7. The number of halogens is 2. The summed E-state index contributed by atoms with van der Waals surface area (Å²) in [4.78, 5) is 0. The van der Waals surface area contributed by atoms with E-state index in [1.54, 1.807) is 6.07 Å². The van der Waals surface area contributed by atoms with Crippen LogP contribution in [0.3, 0.4) is 0 Å². The Balaban J connectivity index is 2.12. The molecule has 114 valence electrons. The van der Waals surface area contributed by atoms with Gasteiger partial charge in [0.1, 0.15) is 5.69 Å². The Morgan fingerprint density at radius 2 is 1.81 bits per heavy atom. The summed E-state index contributed by atoms with van der Waals surface area (Å²) in [6.07, 6.45) is 5.90. The lowest BCUT2D eigenvalue weighted by molar-refractivity contribution is 0.141. The second-order valence-corrected chi connectivity index (χ2v) is 5.81. The van der Waals surface area contributed by atoms with Crippen LogP contribution >= 0.6 is 0 Å². The van der Waals surface area contributed by atoms with Crippen molar-refractivity contribution in [3.63, 3.8) is 0 Å². The molecule has 2 N–H and O–H groups in total. The predicted octanol–water partition coefficient (Wildman–Crippen LogP) is 3.58. The van der Waals surface area contributed by atoms with Crippen molar-refractivity contribution in [3.8, 4) is 6.07 Å². The Kier molecular flexibility index (Phi) is 5.13. The monoisotopic (exact) mass is 294 g/mol. The molecular weight excluding hydrogens is 274 g/mol. The maximum atomic E-state index is 13.9. The first-order valence-electron chi connectivity index (χ1n) is 7.34. The lowest BCUT2D eigenvalue weighted by atomic mass is 9.72. The largest absolute Gasteiger partial charge is 0.396 e. The van der Waals surface area contributed by atoms with E-state index in [0.29, 0.717) is 13.0 Å². The molecule has 0 amide bonds. The quantitative estimate of drug-likeness (QED) is 0.872. The van der Waals surface area contributed by atoms with Crippen LogP contribution in [0, 0.1) is 28.4 Å². The fraction of sp³-hybridized carbons (Fsp3) is 0.562. The molecule has 0 bridgehead atoms. The smallest absolute Gasteiger partial charge is 0.150 e. The van der Waals surface area contributed by atoms with Crippen molar-refractivity contribution in [1.82, 2.24) is 0 Å². The minimum absolute atomic E-state index is 0.0294. The molecule has 0 aliphatic heterocycles. The Bertz CT molecular complexity index is 505. The molecule has 0 saturated heterocycles. The molecule has 21 heavy (non-hydrogen) atoms. The highest BCUT2D eigenvalue weighted by Gasteiger charge is 2.31. The van der Waals surface area contributed by atoms with E-state index in [9.17, 15) is 13.9 Å². The molecule has 0 spiro atoms. The van der Waals surface area contributed by atoms with Crippen LogP contribution in [0.5, 0.6) is 0 Å². The zero-order valence-corrected chi connectivity index (χ0v) is 12.0. The van der Waals surface area contributed by atoms with Gasteiger partial charge in [0, 0.05) is 13.2 Å². The Morgan fingerprint density at radius 1 is 1.19 bits per heavy atom. The van der Waals surface area contributed by atoms with Gasteiger partial charge in [-0.25, -0.2) is 8.78 Å². The van der Waals surface area contributed by atoms with Crippen LogP contribution in [0.4, 0.5) is 14.5 Å². The highest BCUT2D eigenvalue weighted by Crippen LogP contribution is 2.39. The molecule has 2 rings (SSSR count). The minimum atomic E-state index is -0.749. The van der Waals surface area contributed by atoms with Gasteiger partial charge in [-0.15, -0.1) is 0 Å². The second-order valence-electron chi connectivity index (χ2n) is 5.81. The number of aliphatic hydroxyl groups is 1. The molecule has 1 fully saturated rings. The number of hydrogen-bond acceptors (Lipinski definition) is 3. The van der Waals surface area contributed by atoms with Crippen molar-refractivity contribution in [1.29, 1.82) is 5.26 Å². The van der Waals surface area contributed by atoms with Crippen molar-refractivity contribution in [2.75, 3.05) is 18.5 Å². The number of hydrogen-bond donors (Lipinski definition) is 2. The normalized spacial score (nSPS) is 17.2. The summed E-state index contributed by atoms with van der Waals surface area (Å²) in [6.45, 7) is 0.521. The molecule has 1 aromatic carbocycles. The first kappa shape index (κ1) is 15.7. The molecule has 3 nitrogen and oxygen atoms in total. The van der Waals surface area contributed by atoms with Gasteiger partial charge in [-0.2, -0.15) is 5.26 Å². The van der Waals surface area contributed by atoms with Crippen LogP contribution < -0.4 is 5.32 Å². The molecule has 1 aliphatic carbocycles. The molecule has 0 radical (unpaired) electrons. The van der Waals surface area contributed by atoms with Gasteiger partial charge in [0.2, 0.25) is 0 Å². The molecule has 1 saturated carbocycles. The topological polar surface area (TPSA) is 56.0 Å². The molecule has 0 heterocycles. The molecule has 0 unspecified atom stereocenters. The van der Waals surface area contributed by atoms with Crippen LogP contribution in [-0.4, -0.2) is 18.3 Å². The van der Waals surface area contributed by atoms with Gasteiger partial charge in [-0.05, 0) is 36.8 Å². The average molecular weight is 294 g/mol. The highest BCUT2D eigenvalue weighted by molar-refractivity contribution is 5.50. The number of benzene rings is 1. The third kappa shape index (κ3) is 3.70. The first-order valence-corrected chi connectivity index (χ1v) is 7.34. The average Bonchev–Trinajstić information content (AvgIpc) is 2.47. The second kappa shape index (κ2) is 6.86. The number of nitriles is 1. The summed E-state index contributed by atoms with van der Waals surface area (Å²) in [6, 6.07) is 3.79. The third-order valence-corrected chi connectivity index (χ3v) is 4.37. The zero-order valence-electron chi connectivity index (χ0n) is 12.0. The van der Waals surface area contributed by atoms with Crippen LogP contribution in [0.15, 0.2) is 12.1 Å². The lowest BCUT2D eigenvalue weighted by Gasteiger charge is -2.37. The Labute approximate surface area is 123 Å². The van der Waals surface area contributed by atoms with Gasteiger partial charge >= 0.3 is 0 Å². The maximum absolute atomic E-state index is 13.9. The molecule has 1 aromatic rings. The summed E-state index contributed by atoms with van der Waals surface area (Å²) >= 11 is 0. The van der Waals surface area contributed by atoms with Gasteiger partial charge in [-0.3, -0.25) is 0 Å². The standard InChI is InChI=1S/C16H20F2N2O/c17-13-8-12(10-19)9-14(18)15(13)20-11-16(6-7-21)4-2-1-3-5-16/h8-9,20-21H,1-7,11H2. The van der Waals surface area contributed by atoms with Crippen LogP contribution in [0.1, 0.15) is 44.1 Å².